The van der Waals surface area contributed by atoms with Gasteiger partial charge >= 0.3 is 0 Å². The van der Waals surface area contributed by atoms with E-state index in [0.717, 1.165) is 29.0 Å². The van der Waals surface area contributed by atoms with E-state index in [0.29, 0.717) is 37.1 Å². The third-order valence-corrected chi connectivity index (χ3v) is 9.29. The summed E-state index contributed by atoms with van der Waals surface area (Å²) in [5, 5.41) is 2.92. The van der Waals surface area contributed by atoms with E-state index in [-0.39, 0.29) is 5.91 Å². The molecule has 3 rings (SSSR count). The molecule has 28 heavy (non-hydrogen) atoms. The van der Waals surface area contributed by atoms with Crippen LogP contribution in [0.4, 0.5) is 0 Å². The fourth-order valence-corrected chi connectivity index (χ4v) is 7.21. The molecule has 1 aliphatic rings. The van der Waals surface area contributed by atoms with E-state index in [1.54, 1.807) is 23.5 Å². The first-order chi connectivity index (χ1) is 13.5. The van der Waals surface area contributed by atoms with Crippen LogP contribution in [0.2, 0.25) is 0 Å². The average molecular weight is 443 g/mol. The Morgan fingerprint density at radius 2 is 1.96 bits per heavy atom. The number of carbonyl (C=O) groups is 1. The molecule has 0 atom stereocenters. The number of hydrogen-bond acceptors (Lipinski definition) is 6. The molecule has 9 heteroatoms. The summed E-state index contributed by atoms with van der Waals surface area (Å²) in [7, 11) is -3.48. The Labute approximate surface area is 174 Å². The number of carbonyl (C=O) groups excluding carboxylic acids is 1. The Kier molecular flexibility index (Phi) is 7.27. The molecule has 0 saturated carbocycles. The number of nitrogens with one attached hydrogen (secondary N) is 1. The van der Waals surface area contributed by atoms with E-state index < -0.39 is 10.0 Å². The van der Waals surface area contributed by atoms with Crippen LogP contribution in [-0.4, -0.2) is 44.9 Å². The highest BCUT2D eigenvalue weighted by molar-refractivity contribution is 7.91. The van der Waals surface area contributed by atoms with Crippen molar-refractivity contribution in [1.29, 1.82) is 0 Å². The minimum atomic E-state index is -3.48. The monoisotopic (exact) mass is 442 g/mol. The number of amides is 1. The highest BCUT2D eigenvalue weighted by atomic mass is 32.2. The number of aryl methyl sites for hydroxylation is 2. The number of ether oxygens (including phenoxy) is 1. The van der Waals surface area contributed by atoms with Gasteiger partial charge in [0.25, 0.3) is 15.9 Å². The number of morpholine rings is 1. The van der Waals surface area contributed by atoms with E-state index in [2.05, 4.69) is 19.2 Å². The van der Waals surface area contributed by atoms with Gasteiger partial charge in [0.15, 0.2) is 0 Å². The number of rotatable bonds is 8. The van der Waals surface area contributed by atoms with Gasteiger partial charge in [-0.05, 0) is 36.6 Å². The van der Waals surface area contributed by atoms with Crippen LogP contribution >= 0.6 is 22.7 Å². The number of thiophene rings is 2. The summed E-state index contributed by atoms with van der Waals surface area (Å²) in [6.45, 7) is 6.17. The predicted octanol–water partition coefficient (Wildman–Crippen LogP) is 3.28. The van der Waals surface area contributed by atoms with E-state index in [4.69, 9.17) is 4.74 Å². The van der Waals surface area contributed by atoms with Crippen LogP contribution in [0, 0.1) is 0 Å². The zero-order chi connectivity index (χ0) is 20.1. The second kappa shape index (κ2) is 9.49. The smallest absolute Gasteiger partial charge is 0.261 e. The van der Waals surface area contributed by atoms with Gasteiger partial charge in [-0.25, -0.2) is 8.42 Å². The molecule has 0 bridgehead atoms. The lowest BCUT2D eigenvalue weighted by atomic mass is 10.1. The van der Waals surface area contributed by atoms with Crippen molar-refractivity contribution >= 4 is 38.6 Å². The molecule has 2 aromatic rings. The lowest BCUT2D eigenvalue weighted by molar-refractivity contribution is 0.0731. The lowest BCUT2D eigenvalue weighted by Crippen LogP contribution is -2.40. The maximum Gasteiger partial charge on any atom is 0.261 e. The zero-order valence-corrected chi connectivity index (χ0v) is 18.6. The number of hydrogen-bond donors (Lipinski definition) is 1. The first-order valence-corrected chi connectivity index (χ1v) is 12.6. The molecular formula is C19H26N2O4S3. The maximum absolute atomic E-state index is 12.7. The van der Waals surface area contributed by atoms with Gasteiger partial charge in [-0.15, -0.1) is 22.7 Å². The minimum absolute atomic E-state index is 0.104. The third-order valence-electron chi connectivity index (χ3n) is 4.60. The van der Waals surface area contributed by atoms with Crippen LogP contribution in [0.15, 0.2) is 22.4 Å². The summed E-state index contributed by atoms with van der Waals surface area (Å²) in [5.41, 5.74) is 1.24. The highest BCUT2D eigenvalue weighted by Crippen LogP contribution is 2.27. The molecule has 1 amide bonds. The zero-order valence-electron chi connectivity index (χ0n) is 16.2. The largest absolute Gasteiger partial charge is 0.379 e. The first kappa shape index (κ1) is 21.4. The van der Waals surface area contributed by atoms with Crippen LogP contribution in [0.5, 0.6) is 0 Å². The molecule has 2 aromatic heterocycles. The minimum Gasteiger partial charge on any atom is -0.379 e. The van der Waals surface area contributed by atoms with Crippen LogP contribution in [0.3, 0.4) is 0 Å². The third kappa shape index (κ3) is 4.83. The van der Waals surface area contributed by atoms with Crippen molar-refractivity contribution < 1.29 is 17.9 Å². The van der Waals surface area contributed by atoms with Gasteiger partial charge in [0, 0.05) is 22.8 Å². The molecule has 3 heterocycles. The van der Waals surface area contributed by atoms with Crippen LogP contribution in [-0.2, 0) is 34.1 Å². The summed E-state index contributed by atoms with van der Waals surface area (Å²) >= 11 is 2.77. The highest BCUT2D eigenvalue weighted by Gasteiger charge is 2.27. The van der Waals surface area contributed by atoms with E-state index in [1.807, 2.05) is 6.07 Å². The van der Waals surface area contributed by atoms with Gasteiger partial charge in [0.2, 0.25) is 0 Å². The summed E-state index contributed by atoms with van der Waals surface area (Å²) in [5.74, 6) is -0.104. The Morgan fingerprint density at radius 1 is 1.21 bits per heavy atom. The van der Waals surface area contributed by atoms with Crippen molar-refractivity contribution in [2.75, 3.05) is 26.3 Å². The van der Waals surface area contributed by atoms with E-state index in [1.165, 1.54) is 26.1 Å². The fraction of sp³-hybridized carbons (Fsp3) is 0.526. The lowest BCUT2D eigenvalue weighted by Gasteiger charge is -2.25. The van der Waals surface area contributed by atoms with Crippen molar-refractivity contribution in [3.63, 3.8) is 0 Å². The summed E-state index contributed by atoms with van der Waals surface area (Å²) < 4.78 is 32.4. The standard InChI is InChI=1S/C19H26N2O4S3/c1-3-5-16-14(4-2)12-17(27-16)19(22)20-13-15-6-7-18(26-15)28(23,24)21-8-10-25-11-9-21/h6-7,12H,3-5,8-11,13H2,1-2H3,(H,20,22). The number of nitrogens with zero attached hydrogens (tertiary/aromatic N) is 1. The van der Waals surface area contributed by atoms with E-state index in [9.17, 15) is 13.2 Å². The van der Waals surface area contributed by atoms with Crippen molar-refractivity contribution in [1.82, 2.24) is 9.62 Å². The molecule has 1 saturated heterocycles. The number of sulfonamides is 1. The molecule has 0 unspecified atom stereocenters. The second-order valence-electron chi connectivity index (χ2n) is 6.58. The Morgan fingerprint density at radius 3 is 2.64 bits per heavy atom. The molecular weight excluding hydrogens is 416 g/mol. The van der Waals surface area contributed by atoms with Gasteiger partial charge in [0.05, 0.1) is 24.6 Å². The van der Waals surface area contributed by atoms with E-state index >= 15 is 0 Å². The molecule has 6 nitrogen and oxygen atoms in total. The Balaban J connectivity index is 1.63. The van der Waals surface area contributed by atoms with Gasteiger partial charge in [0.1, 0.15) is 4.21 Å². The van der Waals surface area contributed by atoms with Crippen molar-refractivity contribution in [2.45, 2.75) is 43.9 Å². The SMILES string of the molecule is CCCc1sc(C(=O)NCc2ccc(S(=O)(=O)N3CCOCC3)s2)cc1CC. The van der Waals surface area contributed by atoms with Crippen LogP contribution in [0.25, 0.3) is 0 Å². The van der Waals surface area contributed by atoms with Crippen LogP contribution < -0.4 is 5.32 Å². The summed E-state index contributed by atoms with van der Waals surface area (Å²) in [4.78, 5) is 15.3. The quantitative estimate of drug-likeness (QED) is 0.681. The molecule has 1 N–H and O–H groups in total. The van der Waals surface area contributed by atoms with Crippen molar-refractivity contribution in [3.05, 3.63) is 38.4 Å². The van der Waals surface area contributed by atoms with Gasteiger partial charge < -0.3 is 10.1 Å². The normalized spacial score (nSPS) is 15.6. The molecule has 0 radical (unpaired) electrons. The summed E-state index contributed by atoms with van der Waals surface area (Å²) in [6, 6.07) is 5.37. The molecule has 1 fully saturated rings. The van der Waals surface area contributed by atoms with Gasteiger partial charge in [-0.2, -0.15) is 4.31 Å². The fourth-order valence-electron chi connectivity index (χ4n) is 3.08. The van der Waals surface area contributed by atoms with Crippen molar-refractivity contribution in [3.8, 4) is 0 Å². The molecule has 154 valence electrons. The molecule has 0 aliphatic carbocycles. The van der Waals surface area contributed by atoms with Crippen molar-refractivity contribution in [2.24, 2.45) is 0 Å². The molecule has 1 aliphatic heterocycles. The Bertz CT molecular complexity index is 912. The molecule has 0 spiro atoms. The predicted molar refractivity (Wildman–Crippen MR) is 113 cm³/mol. The van der Waals surface area contributed by atoms with Gasteiger partial charge in [-0.3, -0.25) is 4.79 Å². The molecule has 0 aromatic carbocycles. The average Bonchev–Trinajstić information content (AvgIpc) is 3.34. The topological polar surface area (TPSA) is 75.7 Å². The second-order valence-corrected chi connectivity index (χ2v) is 11.1. The Hall–Kier alpha value is -1.26. The summed E-state index contributed by atoms with van der Waals surface area (Å²) in [6.07, 6.45) is 2.98. The first-order valence-electron chi connectivity index (χ1n) is 9.52. The maximum atomic E-state index is 12.7. The van der Waals surface area contributed by atoms with Crippen LogP contribution in [0.1, 0.15) is 45.3 Å². The van der Waals surface area contributed by atoms with Gasteiger partial charge in [-0.1, -0.05) is 20.3 Å².